The molecule has 2 heterocycles. The molecule has 0 amide bonds. The highest BCUT2D eigenvalue weighted by molar-refractivity contribution is 5.83. The Morgan fingerprint density at radius 2 is 1.71 bits per heavy atom. The molecule has 1 fully saturated rings. The molecule has 38 heavy (non-hydrogen) atoms. The lowest BCUT2D eigenvalue weighted by atomic mass is 9.89. The largest absolute Gasteiger partial charge is 0.456 e. The number of allylic oxidation sites excluding steroid dienone is 5. The van der Waals surface area contributed by atoms with Crippen LogP contribution >= 0.6 is 0 Å². The smallest absolute Gasteiger partial charge is 0.331 e. The van der Waals surface area contributed by atoms with E-state index in [4.69, 9.17) is 9.47 Å². The van der Waals surface area contributed by atoms with Gasteiger partial charge in [0.25, 0.3) is 0 Å². The molecule has 0 aliphatic carbocycles. The Labute approximate surface area is 227 Å². The van der Waals surface area contributed by atoms with Crippen LogP contribution in [-0.2, 0) is 14.3 Å². The number of esters is 1. The zero-order chi connectivity index (χ0) is 28.6. The van der Waals surface area contributed by atoms with Crippen LogP contribution in [0.1, 0.15) is 59.8 Å². The maximum absolute atomic E-state index is 12.8. The van der Waals surface area contributed by atoms with E-state index >= 15 is 0 Å². The lowest BCUT2D eigenvalue weighted by Crippen LogP contribution is -2.37. The number of hydrogen-bond acceptors (Lipinski definition) is 7. The maximum atomic E-state index is 12.8. The van der Waals surface area contributed by atoms with Crippen LogP contribution in [0, 0.1) is 11.8 Å². The molecule has 0 saturated carbocycles. The Morgan fingerprint density at radius 1 is 1.03 bits per heavy atom. The van der Waals surface area contributed by atoms with Crippen molar-refractivity contribution in [3.63, 3.8) is 0 Å². The van der Waals surface area contributed by atoms with Gasteiger partial charge in [0.2, 0.25) is 0 Å². The molecule has 4 N–H and O–H groups in total. The lowest BCUT2D eigenvalue weighted by Gasteiger charge is -2.26. The first-order valence-corrected chi connectivity index (χ1v) is 13.5. The minimum Gasteiger partial charge on any atom is -0.456 e. The molecule has 0 spiro atoms. The second-order valence-corrected chi connectivity index (χ2v) is 10.8. The summed E-state index contributed by atoms with van der Waals surface area (Å²) in [4.78, 5) is 12.8. The van der Waals surface area contributed by atoms with Gasteiger partial charge in [0.1, 0.15) is 36.6 Å². The van der Waals surface area contributed by atoms with E-state index in [1.807, 2.05) is 6.92 Å². The molecule has 9 atom stereocenters. The molecule has 0 aromatic rings. The summed E-state index contributed by atoms with van der Waals surface area (Å²) in [5.74, 6) is -0.134. The minimum absolute atomic E-state index is 0.0474. The average molecular weight is 531 g/mol. The summed E-state index contributed by atoms with van der Waals surface area (Å²) in [5.41, 5.74) is 1.70. The molecule has 2 rings (SSSR count). The molecule has 0 bridgehead atoms. The van der Waals surface area contributed by atoms with E-state index < -0.39 is 36.5 Å². The minimum atomic E-state index is -1.51. The lowest BCUT2D eigenvalue weighted by molar-refractivity contribution is -0.146. The second-order valence-electron chi connectivity index (χ2n) is 10.8. The first kappa shape index (κ1) is 31.9. The monoisotopic (exact) mass is 530 g/mol. The van der Waals surface area contributed by atoms with Gasteiger partial charge in [0, 0.05) is 6.08 Å². The Hall–Kier alpha value is -2.29. The standard InChI is InChI=1S/C31H46O7/c1-8-11-21(5)29-31(38-29)30-22(6)16-18(2)13-10-15-24(32)27(35)23(7)28(36)26(34)20(4)14-9-12-19(3)17-25(33)37-30/h9-10,12,15,17,21-22,24,26-32,34-36H,2,4,7-8,11,13-14,16H2,1,3,5-6H3/b12-9+,15-10+,19-17+/t21-,22-,24-,26-,27-,28-,29+,30+,31-/m0/s1. The highest BCUT2D eigenvalue weighted by atomic mass is 16.6. The summed E-state index contributed by atoms with van der Waals surface area (Å²) in [6, 6.07) is 0. The first-order chi connectivity index (χ1) is 17.9. The number of hydrogen-bond donors (Lipinski definition) is 4. The summed E-state index contributed by atoms with van der Waals surface area (Å²) in [5, 5.41) is 41.8. The fourth-order valence-corrected chi connectivity index (χ4v) is 4.86. The summed E-state index contributed by atoms with van der Waals surface area (Å²) >= 11 is 0. The van der Waals surface area contributed by atoms with Crippen LogP contribution in [0.5, 0.6) is 0 Å². The van der Waals surface area contributed by atoms with Gasteiger partial charge in [0.15, 0.2) is 0 Å². The number of aliphatic hydroxyl groups is 4. The number of carbonyl (C=O) groups is 1. The van der Waals surface area contributed by atoms with Gasteiger partial charge in [0.05, 0.1) is 6.10 Å². The highest BCUT2D eigenvalue weighted by Crippen LogP contribution is 2.39. The Morgan fingerprint density at radius 3 is 2.37 bits per heavy atom. The Balaban J connectivity index is 2.28. The van der Waals surface area contributed by atoms with Crippen molar-refractivity contribution in [1.29, 1.82) is 0 Å². The summed E-state index contributed by atoms with van der Waals surface area (Å²) in [6.45, 7) is 19.7. The van der Waals surface area contributed by atoms with Crippen molar-refractivity contribution in [2.24, 2.45) is 11.8 Å². The molecule has 0 unspecified atom stereocenters. The van der Waals surface area contributed by atoms with Crippen molar-refractivity contribution < 1.29 is 34.7 Å². The Kier molecular flexibility index (Phi) is 12.4. The number of ether oxygens (including phenoxy) is 2. The van der Waals surface area contributed by atoms with E-state index in [-0.39, 0.29) is 30.1 Å². The molecule has 0 aromatic heterocycles. The van der Waals surface area contributed by atoms with Gasteiger partial charge in [-0.2, -0.15) is 0 Å². The Bertz CT molecular complexity index is 946. The summed E-state index contributed by atoms with van der Waals surface area (Å²) < 4.78 is 11.9. The van der Waals surface area contributed by atoms with E-state index in [1.165, 1.54) is 12.2 Å². The molecule has 1 saturated heterocycles. The van der Waals surface area contributed by atoms with E-state index in [9.17, 15) is 25.2 Å². The van der Waals surface area contributed by atoms with Gasteiger partial charge in [-0.05, 0) is 61.2 Å². The number of aliphatic hydroxyl groups excluding tert-OH is 4. The highest BCUT2D eigenvalue weighted by Gasteiger charge is 2.51. The van der Waals surface area contributed by atoms with Gasteiger partial charge in [-0.15, -0.1) is 0 Å². The van der Waals surface area contributed by atoms with Gasteiger partial charge < -0.3 is 29.9 Å². The molecule has 212 valence electrons. The van der Waals surface area contributed by atoms with Crippen molar-refractivity contribution >= 4 is 5.97 Å². The number of epoxide rings is 1. The third kappa shape index (κ3) is 9.17. The van der Waals surface area contributed by atoms with Crippen LogP contribution < -0.4 is 0 Å². The van der Waals surface area contributed by atoms with E-state index in [2.05, 4.69) is 33.6 Å². The van der Waals surface area contributed by atoms with E-state index in [0.29, 0.717) is 29.9 Å². The third-order valence-electron chi connectivity index (χ3n) is 7.26. The zero-order valence-electron chi connectivity index (χ0n) is 23.3. The van der Waals surface area contributed by atoms with Crippen molar-refractivity contribution in [3.8, 4) is 0 Å². The van der Waals surface area contributed by atoms with E-state index in [1.54, 1.807) is 25.2 Å². The SMILES string of the molecule is C=C1C/C=C/[C@H](O)[C@@H](O)C(=C)[C@H](O)[C@@H](O)C(=C)C/C=C/C(C)=C/C(=O)O[C@@H]([C@H]2O[C@@H]2[C@@H](C)CCC)[C@@H](C)C1. The fourth-order valence-electron chi connectivity index (χ4n) is 4.86. The normalized spacial score (nSPS) is 38.5. The van der Waals surface area contributed by atoms with Gasteiger partial charge in [-0.25, -0.2) is 4.79 Å². The molecule has 7 nitrogen and oxygen atoms in total. The average Bonchev–Trinajstić information content (AvgIpc) is 3.65. The van der Waals surface area contributed by atoms with Gasteiger partial charge >= 0.3 is 5.97 Å². The van der Waals surface area contributed by atoms with Crippen LogP contribution in [0.4, 0.5) is 0 Å². The zero-order valence-corrected chi connectivity index (χ0v) is 23.3. The molecular weight excluding hydrogens is 484 g/mol. The van der Waals surface area contributed by atoms with Gasteiger partial charge in [-0.3, -0.25) is 0 Å². The maximum Gasteiger partial charge on any atom is 0.331 e. The second kappa shape index (κ2) is 14.8. The van der Waals surface area contributed by atoms with Crippen LogP contribution in [0.15, 0.2) is 72.4 Å². The predicted octanol–water partition coefficient (Wildman–Crippen LogP) is 4.09. The van der Waals surface area contributed by atoms with Crippen molar-refractivity contribution in [3.05, 3.63) is 72.4 Å². The quantitative estimate of drug-likeness (QED) is 0.245. The molecule has 0 aromatic carbocycles. The molecule has 2 aliphatic heterocycles. The van der Waals surface area contributed by atoms with Crippen LogP contribution in [0.2, 0.25) is 0 Å². The molecule has 2 aliphatic rings. The van der Waals surface area contributed by atoms with Gasteiger partial charge in [-0.1, -0.05) is 76.8 Å². The first-order valence-electron chi connectivity index (χ1n) is 13.5. The van der Waals surface area contributed by atoms with Crippen molar-refractivity contribution in [1.82, 2.24) is 0 Å². The number of carbonyl (C=O) groups excluding carboxylic acids is 1. The molecular formula is C31H46O7. The summed E-state index contributed by atoms with van der Waals surface area (Å²) in [7, 11) is 0. The van der Waals surface area contributed by atoms with Crippen molar-refractivity contribution in [2.75, 3.05) is 0 Å². The van der Waals surface area contributed by atoms with E-state index in [0.717, 1.165) is 18.4 Å². The van der Waals surface area contributed by atoms with Crippen molar-refractivity contribution in [2.45, 2.75) is 103 Å². The predicted molar refractivity (Wildman–Crippen MR) is 149 cm³/mol. The number of rotatable bonds is 4. The molecule has 7 heteroatoms. The van der Waals surface area contributed by atoms with Crippen LogP contribution in [0.25, 0.3) is 0 Å². The third-order valence-corrected chi connectivity index (χ3v) is 7.26. The topological polar surface area (TPSA) is 120 Å². The van der Waals surface area contributed by atoms with Crippen LogP contribution in [-0.4, -0.2) is 69.1 Å². The number of cyclic esters (lactones) is 1. The summed E-state index contributed by atoms with van der Waals surface area (Å²) in [6.07, 6.45) is 5.05. The molecule has 0 radical (unpaired) electrons. The van der Waals surface area contributed by atoms with Crippen LogP contribution in [0.3, 0.4) is 0 Å². The fraction of sp³-hybridized carbons (Fsp3) is 0.581.